The molecule has 5 heteroatoms. The molecule has 0 bridgehead atoms. The van der Waals surface area contributed by atoms with E-state index >= 15 is 0 Å². The number of rotatable bonds is 8. The van der Waals surface area contributed by atoms with Gasteiger partial charge >= 0.3 is 0 Å². The van der Waals surface area contributed by atoms with E-state index in [1.165, 1.54) is 12.5 Å². The molecule has 0 saturated carbocycles. The van der Waals surface area contributed by atoms with Crippen molar-refractivity contribution in [3.63, 3.8) is 0 Å². The molecule has 2 unspecified atom stereocenters. The number of amides is 2. The third kappa shape index (κ3) is 6.18. The summed E-state index contributed by atoms with van der Waals surface area (Å²) in [4.78, 5) is 28.1. The number of hydrogen-bond donors (Lipinski definition) is 2. The summed E-state index contributed by atoms with van der Waals surface area (Å²) in [6, 6.07) is 10.9. The van der Waals surface area contributed by atoms with Gasteiger partial charge < -0.3 is 10.6 Å². The van der Waals surface area contributed by atoms with Gasteiger partial charge in [0.15, 0.2) is 0 Å². The molecular weight excluding hydrogens is 374 g/mol. The first-order chi connectivity index (χ1) is 14.1. The van der Waals surface area contributed by atoms with Crippen molar-refractivity contribution in [2.45, 2.75) is 77.4 Å². The zero-order chi connectivity index (χ0) is 22.4. The van der Waals surface area contributed by atoms with Crippen LogP contribution in [-0.2, 0) is 9.59 Å². The molecule has 0 radical (unpaired) electrons. The van der Waals surface area contributed by atoms with Crippen molar-refractivity contribution in [2.75, 3.05) is 13.1 Å². The van der Waals surface area contributed by atoms with Gasteiger partial charge in [0, 0.05) is 18.5 Å². The van der Waals surface area contributed by atoms with Gasteiger partial charge in [0.05, 0.1) is 0 Å². The summed E-state index contributed by atoms with van der Waals surface area (Å²) in [6.07, 6.45) is 4.81. The van der Waals surface area contributed by atoms with Crippen LogP contribution in [0.3, 0.4) is 0 Å². The largest absolute Gasteiger partial charge is 0.349 e. The van der Waals surface area contributed by atoms with E-state index < -0.39 is 5.54 Å². The zero-order valence-corrected chi connectivity index (χ0v) is 19.3. The van der Waals surface area contributed by atoms with E-state index in [1.807, 2.05) is 32.9 Å². The second-order valence-corrected chi connectivity index (χ2v) is 9.58. The van der Waals surface area contributed by atoms with Gasteiger partial charge in [-0.05, 0) is 77.9 Å². The third-order valence-corrected chi connectivity index (χ3v) is 6.09. The molecule has 0 spiro atoms. The van der Waals surface area contributed by atoms with Crippen LogP contribution in [0, 0.1) is 5.92 Å². The highest BCUT2D eigenvalue weighted by molar-refractivity contribution is 5.91. The van der Waals surface area contributed by atoms with E-state index in [0.717, 1.165) is 25.9 Å². The molecule has 30 heavy (non-hydrogen) atoms. The van der Waals surface area contributed by atoms with Crippen molar-refractivity contribution in [2.24, 2.45) is 5.92 Å². The van der Waals surface area contributed by atoms with Gasteiger partial charge in [-0.3, -0.25) is 14.5 Å². The van der Waals surface area contributed by atoms with Crippen molar-refractivity contribution < 1.29 is 9.59 Å². The third-order valence-electron chi connectivity index (χ3n) is 6.09. The molecule has 2 N–H and O–H groups in total. The molecular formula is C25H39N3O2. The molecule has 0 aliphatic carbocycles. The summed E-state index contributed by atoms with van der Waals surface area (Å²) in [6.45, 7) is 15.3. The van der Waals surface area contributed by atoms with Crippen molar-refractivity contribution in [3.05, 3.63) is 48.6 Å². The summed E-state index contributed by atoms with van der Waals surface area (Å²) in [5.41, 5.74) is 0.0357. The molecule has 1 fully saturated rings. The SMILES string of the molecule is C=CCCC(NC(C)=O)(C(=O)NC(C)(C)C)C1CCN(C(C)c2ccccc2)CC1. The molecule has 1 aliphatic rings. The maximum absolute atomic E-state index is 13.5. The van der Waals surface area contributed by atoms with Crippen LogP contribution in [0.4, 0.5) is 0 Å². The maximum atomic E-state index is 13.5. The smallest absolute Gasteiger partial charge is 0.246 e. The Kier molecular flexibility index (Phi) is 8.25. The van der Waals surface area contributed by atoms with E-state index in [0.29, 0.717) is 18.9 Å². The topological polar surface area (TPSA) is 61.4 Å². The zero-order valence-electron chi connectivity index (χ0n) is 19.3. The summed E-state index contributed by atoms with van der Waals surface area (Å²) in [5.74, 6) is -0.160. The van der Waals surface area contributed by atoms with Crippen molar-refractivity contribution in [3.8, 4) is 0 Å². The Morgan fingerprint density at radius 2 is 1.77 bits per heavy atom. The number of hydrogen-bond acceptors (Lipinski definition) is 3. The minimum atomic E-state index is -0.907. The van der Waals surface area contributed by atoms with Crippen LogP contribution >= 0.6 is 0 Å². The minimum Gasteiger partial charge on any atom is -0.349 e. The Hall–Kier alpha value is -2.14. The predicted octanol–water partition coefficient (Wildman–Crippen LogP) is 4.22. The summed E-state index contributed by atoms with van der Waals surface area (Å²) < 4.78 is 0. The fraction of sp³-hybridized carbons (Fsp3) is 0.600. The van der Waals surface area contributed by atoms with Crippen LogP contribution in [-0.4, -0.2) is 40.9 Å². The van der Waals surface area contributed by atoms with Gasteiger partial charge in [-0.25, -0.2) is 0 Å². The normalized spacial score (nSPS) is 18.8. The van der Waals surface area contributed by atoms with Gasteiger partial charge in [-0.15, -0.1) is 6.58 Å². The van der Waals surface area contributed by atoms with Crippen LogP contribution in [0.2, 0.25) is 0 Å². The number of nitrogens with one attached hydrogen (secondary N) is 2. The molecule has 2 rings (SSSR count). The van der Waals surface area contributed by atoms with Crippen molar-refractivity contribution in [1.29, 1.82) is 0 Å². The first-order valence-corrected chi connectivity index (χ1v) is 11.1. The van der Waals surface area contributed by atoms with E-state index in [-0.39, 0.29) is 23.3 Å². The van der Waals surface area contributed by atoms with Gasteiger partial charge in [-0.1, -0.05) is 36.4 Å². The Balaban J connectivity index is 2.22. The molecule has 2 amide bonds. The average molecular weight is 414 g/mol. The van der Waals surface area contributed by atoms with Crippen LogP contribution in [0.1, 0.15) is 71.9 Å². The van der Waals surface area contributed by atoms with E-state index in [4.69, 9.17) is 0 Å². The highest BCUT2D eigenvalue weighted by Crippen LogP contribution is 2.35. The predicted molar refractivity (Wildman–Crippen MR) is 123 cm³/mol. The molecule has 1 aromatic rings. The Morgan fingerprint density at radius 3 is 2.27 bits per heavy atom. The first kappa shape index (κ1) is 24.1. The van der Waals surface area contributed by atoms with E-state index in [1.54, 1.807) is 0 Å². The molecule has 1 aromatic carbocycles. The van der Waals surface area contributed by atoms with Crippen LogP contribution in [0.25, 0.3) is 0 Å². The lowest BCUT2D eigenvalue weighted by atomic mass is 9.73. The molecule has 0 aromatic heterocycles. The molecule has 5 nitrogen and oxygen atoms in total. The molecule has 166 valence electrons. The highest BCUT2D eigenvalue weighted by Gasteiger charge is 2.47. The van der Waals surface area contributed by atoms with Crippen molar-refractivity contribution in [1.82, 2.24) is 15.5 Å². The standard InChI is InChI=1S/C25H39N3O2/c1-7-8-16-25(26-20(3)29,23(30)27-24(4,5)6)22-14-17-28(18-15-22)19(2)21-12-10-9-11-13-21/h7,9-13,19,22H,1,8,14-18H2,2-6H3,(H,26,29)(H,27,30). The fourth-order valence-electron chi connectivity index (χ4n) is 4.54. The average Bonchev–Trinajstić information content (AvgIpc) is 2.70. The molecule has 1 saturated heterocycles. The van der Waals surface area contributed by atoms with Crippen molar-refractivity contribution >= 4 is 11.8 Å². The molecule has 1 aliphatic heterocycles. The van der Waals surface area contributed by atoms with Crippen LogP contribution < -0.4 is 10.6 Å². The second kappa shape index (κ2) is 10.3. The fourth-order valence-corrected chi connectivity index (χ4v) is 4.54. The molecule has 1 heterocycles. The quantitative estimate of drug-likeness (QED) is 0.628. The Labute approximate surface area is 182 Å². The van der Waals surface area contributed by atoms with Gasteiger partial charge in [0.2, 0.25) is 11.8 Å². The van der Waals surface area contributed by atoms with E-state index in [2.05, 4.69) is 53.3 Å². The van der Waals surface area contributed by atoms with Crippen LogP contribution in [0.5, 0.6) is 0 Å². The number of allylic oxidation sites excluding steroid dienone is 1. The second-order valence-electron chi connectivity index (χ2n) is 9.58. The van der Waals surface area contributed by atoms with Gasteiger partial charge in [0.1, 0.15) is 5.54 Å². The summed E-state index contributed by atoms with van der Waals surface area (Å²) in [7, 11) is 0. The lowest BCUT2D eigenvalue weighted by Crippen LogP contribution is -2.66. The maximum Gasteiger partial charge on any atom is 0.246 e. The number of carbonyl (C=O) groups is 2. The highest BCUT2D eigenvalue weighted by atomic mass is 16.2. The number of carbonyl (C=O) groups excluding carboxylic acids is 2. The van der Waals surface area contributed by atoms with Crippen LogP contribution in [0.15, 0.2) is 43.0 Å². The lowest BCUT2D eigenvalue weighted by Gasteiger charge is -2.46. The number of likely N-dealkylation sites (tertiary alicyclic amines) is 1. The monoisotopic (exact) mass is 413 g/mol. The number of benzene rings is 1. The van der Waals surface area contributed by atoms with E-state index in [9.17, 15) is 9.59 Å². The summed E-state index contributed by atoms with van der Waals surface area (Å²) >= 11 is 0. The number of piperidine rings is 1. The number of nitrogens with zero attached hydrogens (tertiary/aromatic N) is 1. The summed E-state index contributed by atoms with van der Waals surface area (Å²) in [5, 5.41) is 6.21. The van der Waals surface area contributed by atoms with Gasteiger partial charge in [-0.2, -0.15) is 0 Å². The lowest BCUT2D eigenvalue weighted by molar-refractivity contribution is -0.138. The Bertz CT molecular complexity index is 718. The first-order valence-electron chi connectivity index (χ1n) is 11.1. The van der Waals surface area contributed by atoms with Gasteiger partial charge in [0.25, 0.3) is 0 Å². The minimum absolute atomic E-state index is 0.0818. The molecule has 2 atom stereocenters. The Morgan fingerprint density at radius 1 is 1.17 bits per heavy atom.